The number of aromatic amines is 1. The topological polar surface area (TPSA) is 32.9 Å². The van der Waals surface area contributed by atoms with E-state index in [0.29, 0.717) is 21.2 Å². The van der Waals surface area contributed by atoms with Crippen LogP contribution >= 0.6 is 45.8 Å². The van der Waals surface area contributed by atoms with Crippen LogP contribution in [0.15, 0.2) is 42.6 Å². The number of nitrogens with one attached hydrogen (secondary N) is 1. The minimum atomic E-state index is -0.0948. The molecule has 100 valence electrons. The first kappa shape index (κ1) is 13.9. The maximum atomic E-state index is 12.6. The number of fused-ring (bicyclic) bond motifs is 1. The molecule has 0 radical (unpaired) electrons. The predicted molar refractivity (Wildman–Crippen MR) is 90.9 cm³/mol. The van der Waals surface area contributed by atoms with Crippen molar-refractivity contribution < 1.29 is 4.79 Å². The van der Waals surface area contributed by atoms with Crippen LogP contribution in [-0.4, -0.2) is 10.8 Å². The van der Waals surface area contributed by atoms with Gasteiger partial charge in [0.05, 0.1) is 10.0 Å². The Balaban J connectivity index is 2.15. The Kier molecular flexibility index (Phi) is 3.75. The van der Waals surface area contributed by atoms with E-state index in [1.165, 1.54) is 0 Å². The second-order valence-electron chi connectivity index (χ2n) is 4.32. The predicted octanol–water partition coefficient (Wildman–Crippen LogP) is 5.31. The van der Waals surface area contributed by atoms with Gasteiger partial charge in [-0.15, -0.1) is 0 Å². The lowest BCUT2D eigenvalue weighted by molar-refractivity contribution is 0.104. The highest BCUT2D eigenvalue weighted by Gasteiger charge is 2.16. The lowest BCUT2D eigenvalue weighted by Gasteiger charge is -2.03. The molecule has 1 N–H and O–H groups in total. The minimum absolute atomic E-state index is 0.0948. The van der Waals surface area contributed by atoms with Crippen LogP contribution in [0.1, 0.15) is 15.9 Å². The second-order valence-corrected chi connectivity index (χ2v) is 6.30. The van der Waals surface area contributed by atoms with Crippen LogP contribution in [0.4, 0.5) is 0 Å². The summed E-state index contributed by atoms with van der Waals surface area (Å²) in [5, 5.41) is 1.87. The summed E-state index contributed by atoms with van der Waals surface area (Å²) in [7, 11) is 0. The van der Waals surface area contributed by atoms with E-state index in [1.54, 1.807) is 24.4 Å². The van der Waals surface area contributed by atoms with E-state index in [-0.39, 0.29) is 5.78 Å². The van der Waals surface area contributed by atoms with Gasteiger partial charge >= 0.3 is 0 Å². The summed E-state index contributed by atoms with van der Waals surface area (Å²) in [6, 6.07) is 10.8. The zero-order chi connectivity index (χ0) is 14.3. The van der Waals surface area contributed by atoms with Gasteiger partial charge in [-0.05, 0) is 52.9 Å². The fourth-order valence-electron chi connectivity index (χ4n) is 2.11. The summed E-state index contributed by atoms with van der Waals surface area (Å²) in [5.74, 6) is -0.0948. The van der Waals surface area contributed by atoms with Crippen LogP contribution in [0, 0.1) is 3.57 Å². The van der Waals surface area contributed by atoms with Gasteiger partial charge in [0.25, 0.3) is 0 Å². The molecule has 0 spiro atoms. The molecule has 0 atom stereocenters. The van der Waals surface area contributed by atoms with Gasteiger partial charge in [0, 0.05) is 31.8 Å². The maximum absolute atomic E-state index is 12.6. The Morgan fingerprint density at radius 1 is 1.10 bits per heavy atom. The molecule has 1 heterocycles. The summed E-state index contributed by atoms with van der Waals surface area (Å²) in [6.07, 6.45) is 1.69. The third kappa shape index (κ3) is 2.34. The van der Waals surface area contributed by atoms with Crippen molar-refractivity contribution in [2.75, 3.05) is 0 Å². The Hall–Kier alpha value is -1.04. The molecule has 0 aliphatic heterocycles. The number of H-pyrrole nitrogens is 1. The molecule has 0 amide bonds. The number of benzene rings is 2. The fourth-order valence-corrected chi connectivity index (χ4v) is 2.90. The van der Waals surface area contributed by atoms with Crippen LogP contribution in [0.2, 0.25) is 10.0 Å². The number of hydrogen-bond acceptors (Lipinski definition) is 1. The lowest BCUT2D eigenvalue weighted by atomic mass is 10.0. The zero-order valence-electron chi connectivity index (χ0n) is 10.1. The van der Waals surface area contributed by atoms with Crippen molar-refractivity contribution >= 4 is 62.5 Å². The molecule has 0 saturated heterocycles. The number of aromatic nitrogens is 1. The number of carbonyl (C=O) groups excluding carboxylic acids is 1. The van der Waals surface area contributed by atoms with Crippen molar-refractivity contribution in [3.05, 3.63) is 67.3 Å². The zero-order valence-corrected chi connectivity index (χ0v) is 13.8. The van der Waals surface area contributed by atoms with Crippen molar-refractivity contribution in [2.24, 2.45) is 0 Å². The Morgan fingerprint density at radius 3 is 2.65 bits per heavy atom. The molecule has 0 saturated carbocycles. The molecule has 3 rings (SSSR count). The summed E-state index contributed by atoms with van der Waals surface area (Å²) >= 11 is 14.4. The molecule has 0 bridgehead atoms. The maximum Gasteiger partial charge on any atom is 0.195 e. The average Bonchev–Trinajstić information content (AvgIpc) is 2.86. The molecule has 1 aromatic heterocycles. The number of ketones is 1. The van der Waals surface area contributed by atoms with E-state index in [0.717, 1.165) is 14.5 Å². The monoisotopic (exact) mass is 415 g/mol. The Bertz CT molecular complexity index is 826. The number of carbonyl (C=O) groups is 1. The van der Waals surface area contributed by atoms with Crippen LogP contribution in [-0.2, 0) is 0 Å². The highest BCUT2D eigenvalue weighted by molar-refractivity contribution is 14.1. The molecule has 0 fully saturated rings. The normalized spacial score (nSPS) is 10.9. The van der Waals surface area contributed by atoms with Gasteiger partial charge in [0.1, 0.15) is 0 Å². The molecular weight excluding hydrogens is 408 g/mol. The molecule has 2 nitrogen and oxygen atoms in total. The molecule has 2 aromatic carbocycles. The van der Waals surface area contributed by atoms with E-state index in [2.05, 4.69) is 27.6 Å². The first-order valence-electron chi connectivity index (χ1n) is 5.83. The average molecular weight is 416 g/mol. The lowest BCUT2D eigenvalue weighted by Crippen LogP contribution is -2.00. The van der Waals surface area contributed by atoms with E-state index < -0.39 is 0 Å². The van der Waals surface area contributed by atoms with Gasteiger partial charge in [-0.25, -0.2) is 0 Å². The number of halogens is 3. The molecule has 0 unspecified atom stereocenters. The number of rotatable bonds is 2. The van der Waals surface area contributed by atoms with Crippen molar-refractivity contribution in [2.45, 2.75) is 0 Å². The Labute approximate surface area is 139 Å². The first-order valence-corrected chi connectivity index (χ1v) is 7.67. The van der Waals surface area contributed by atoms with E-state index in [1.807, 2.05) is 18.2 Å². The van der Waals surface area contributed by atoms with Crippen molar-refractivity contribution in [1.82, 2.24) is 4.98 Å². The highest BCUT2D eigenvalue weighted by atomic mass is 127. The minimum Gasteiger partial charge on any atom is -0.360 e. The molecule has 0 aliphatic rings. The van der Waals surface area contributed by atoms with Crippen molar-refractivity contribution in [1.29, 1.82) is 0 Å². The van der Waals surface area contributed by atoms with Gasteiger partial charge in [-0.2, -0.15) is 0 Å². The summed E-state index contributed by atoms with van der Waals surface area (Å²) in [5.41, 5.74) is 1.96. The summed E-state index contributed by atoms with van der Waals surface area (Å²) < 4.78 is 0.915. The first-order chi connectivity index (χ1) is 9.58. The summed E-state index contributed by atoms with van der Waals surface area (Å²) in [6.45, 7) is 0. The Morgan fingerprint density at radius 2 is 1.90 bits per heavy atom. The number of hydrogen-bond donors (Lipinski definition) is 1. The second kappa shape index (κ2) is 5.39. The SMILES string of the molecule is O=C(c1ccc(I)c(Cl)c1)c1c[nH]c2cccc(Cl)c12. The van der Waals surface area contributed by atoms with Crippen LogP contribution in [0.3, 0.4) is 0 Å². The molecule has 5 heteroatoms. The van der Waals surface area contributed by atoms with E-state index >= 15 is 0 Å². The van der Waals surface area contributed by atoms with E-state index in [4.69, 9.17) is 23.2 Å². The largest absolute Gasteiger partial charge is 0.360 e. The van der Waals surface area contributed by atoms with Gasteiger partial charge in [-0.3, -0.25) is 4.79 Å². The standard InChI is InChI=1S/C15H8Cl2INO/c16-10-2-1-3-13-14(10)9(7-19-13)15(20)8-4-5-12(18)11(17)6-8/h1-7,19H. The third-order valence-corrected chi connectivity index (χ3v) is 4.97. The van der Waals surface area contributed by atoms with Gasteiger partial charge < -0.3 is 4.98 Å². The molecule has 20 heavy (non-hydrogen) atoms. The molecular formula is C15H8Cl2INO. The molecule has 0 aliphatic carbocycles. The van der Waals surface area contributed by atoms with Crippen LogP contribution in [0.25, 0.3) is 10.9 Å². The fraction of sp³-hybridized carbons (Fsp3) is 0. The summed E-state index contributed by atoms with van der Waals surface area (Å²) in [4.78, 5) is 15.7. The van der Waals surface area contributed by atoms with Crippen molar-refractivity contribution in [3.8, 4) is 0 Å². The van der Waals surface area contributed by atoms with Crippen LogP contribution in [0.5, 0.6) is 0 Å². The van der Waals surface area contributed by atoms with E-state index in [9.17, 15) is 4.79 Å². The highest BCUT2D eigenvalue weighted by Crippen LogP contribution is 2.29. The quantitative estimate of drug-likeness (QED) is 0.446. The van der Waals surface area contributed by atoms with Crippen molar-refractivity contribution in [3.63, 3.8) is 0 Å². The van der Waals surface area contributed by atoms with Gasteiger partial charge in [0.15, 0.2) is 5.78 Å². The van der Waals surface area contributed by atoms with Crippen LogP contribution < -0.4 is 0 Å². The third-order valence-electron chi connectivity index (χ3n) is 3.08. The van der Waals surface area contributed by atoms with Gasteiger partial charge in [-0.1, -0.05) is 29.3 Å². The molecule has 3 aromatic rings. The smallest absolute Gasteiger partial charge is 0.195 e. The van der Waals surface area contributed by atoms with Gasteiger partial charge in [0.2, 0.25) is 0 Å².